The fraction of sp³-hybridized carbons (Fsp3) is 0.200. The van der Waals surface area contributed by atoms with Gasteiger partial charge in [0.15, 0.2) is 0 Å². The van der Waals surface area contributed by atoms with Gasteiger partial charge >= 0.3 is 8.60 Å². The number of aliphatic hydroxyl groups excluding tert-OH is 1. The van der Waals surface area contributed by atoms with Crippen LogP contribution in [0.5, 0.6) is 0 Å². The lowest BCUT2D eigenvalue weighted by molar-refractivity contribution is -0.0547. The van der Waals surface area contributed by atoms with Gasteiger partial charge in [0.05, 0.1) is 0 Å². The maximum atomic E-state index is 10.6. The van der Waals surface area contributed by atoms with Crippen LogP contribution in [-0.2, 0) is 10.1 Å². The first-order chi connectivity index (χ1) is 9.54. The Hall–Kier alpha value is -1.29. The van der Waals surface area contributed by atoms with Crippen LogP contribution in [0.25, 0.3) is 0 Å². The third kappa shape index (κ3) is 3.23. The lowest BCUT2D eigenvalue weighted by Gasteiger charge is -2.35. The van der Waals surface area contributed by atoms with Crippen molar-refractivity contribution in [1.29, 1.82) is 0 Å². The molecule has 0 aliphatic heterocycles. The van der Waals surface area contributed by atoms with Gasteiger partial charge < -0.3 is 14.9 Å². The van der Waals surface area contributed by atoms with E-state index in [0.717, 1.165) is 0 Å². The first-order valence-corrected chi connectivity index (χ1v) is 7.36. The summed E-state index contributed by atoms with van der Waals surface area (Å²) >= 11 is 0. The van der Waals surface area contributed by atoms with Crippen molar-refractivity contribution < 1.29 is 19.4 Å². The van der Waals surface area contributed by atoms with Gasteiger partial charge in [0.1, 0.15) is 11.7 Å². The molecule has 0 spiro atoms. The summed E-state index contributed by atoms with van der Waals surface area (Å²) in [6.07, 6.45) is -1.02. The molecular formula is C15H17O4P. The molecule has 0 amide bonds. The van der Waals surface area contributed by atoms with E-state index in [4.69, 9.17) is 4.52 Å². The smallest absolute Gasteiger partial charge is 0.328 e. The maximum Gasteiger partial charge on any atom is 0.328 e. The molecule has 20 heavy (non-hydrogen) atoms. The van der Waals surface area contributed by atoms with Gasteiger partial charge in [-0.1, -0.05) is 60.7 Å². The quantitative estimate of drug-likeness (QED) is 0.741. The molecule has 4 nitrogen and oxygen atoms in total. The van der Waals surface area contributed by atoms with Crippen LogP contribution >= 0.6 is 8.60 Å². The fourth-order valence-corrected chi connectivity index (χ4v) is 2.70. The predicted octanol–water partition coefficient (Wildman–Crippen LogP) is 2.86. The van der Waals surface area contributed by atoms with E-state index in [-0.39, 0.29) is 0 Å². The summed E-state index contributed by atoms with van der Waals surface area (Å²) in [6, 6.07) is 18.0. The second-order valence-corrected chi connectivity index (χ2v) is 5.32. The average molecular weight is 292 g/mol. The summed E-state index contributed by atoms with van der Waals surface area (Å²) in [4.78, 5) is 18.5. The zero-order valence-corrected chi connectivity index (χ0v) is 11.9. The number of aliphatic hydroxyl groups is 1. The molecule has 0 aliphatic carbocycles. The molecule has 0 saturated heterocycles. The summed E-state index contributed by atoms with van der Waals surface area (Å²) in [7, 11) is -2.59. The first-order valence-electron chi connectivity index (χ1n) is 6.19. The Morgan fingerprint density at radius 3 is 1.95 bits per heavy atom. The molecule has 0 fully saturated rings. The standard InChI is InChI=1S/C15H17O4P/c1-15(19-20(17)18,13-10-6-3-7-11-13)14(16)12-8-4-2-5-9-12/h2-11,14,16-18H,1H3/t14-,15+/m0/s1. The van der Waals surface area contributed by atoms with Crippen LogP contribution in [0.1, 0.15) is 24.2 Å². The van der Waals surface area contributed by atoms with Gasteiger partial charge in [-0.2, -0.15) is 0 Å². The van der Waals surface area contributed by atoms with Crippen molar-refractivity contribution in [3.63, 3.8) is 0 Å². The average Bonchev–Trinajstić information content (AvgIpc) is 2.47. The number of rotatable bonds is 5. The molecule has 0 bridgehead atoms. The summed E-state index contributed by atoms with van der Waals surface area (Å²) < 4.78 is 5.27. The normalized spacial score (nSPS) is 15.8. The van der Waals surface area contributed by atoms with E-state index >= 15 is 0 Å². The molecule has 2 aromatic carbocycles. The Balaban J connectivity index is 2.42. The van der Waals surface area contributed by atoms with Crippen LogP contribution < -0.4 is 0 Å². The Labute approximate surface area is 119 Å². The molecule has 0 aliphatic rings. The molecule has 0 unspecified atom stereocenters. The number of benzene rings is 2. The van der Waals surface area contributed by atoms with Crippen molar-refractivity contribution in [2.45, 2.75) is 18.6 Å². The van der Waals surface area contributed by atoms with Crippen molar-refractivity contribution in [1.82, 2.24) is 0 Å². The third-order valence-electron chi connectivity index (χ3n) is 3.26. The molecule has 2 atom stereocenters. The lowest BCUT2D eigenvalue weighted by Crippen LogP contribution is -2.32. The topological polar surface area (TPSA) is 69.9 Å². The Morgan fingerprint density at radius 1 is 0.950 bits per heavy atom. The van der Waals surface area contributed by atoms with Crippen molar-refractivity contribution in [2.24, 2.45) is 0 Å². The van der Waals surface area contributed by atoms with Gasteiger partial charge in [0.2, 0.25) is 0 Å². The third-order valence-corrected chi connectivity index (χ3v) is 3.80. The predicted molar refractivity (Wildman–Crippen MR) is 77.6 cm³/mol. The van der Waals surface area contributed by atoms with Gasteiger partial charge in [-0.3, -0.25) is 4.52 Å². The van der Waals surface area contributed by atoms with Crippen LogP contribution in [0.2, 0.25) is 0 Å². The number of hydrogen-bond donors (Lipinski definition) is 3. The van der Waals surface area contributed by atoms with Crippen LogP contribution in [0.3, 0.4) is 0 Å². The van der Waals surface area contributed by atoms with E-state index in [2.05, 4.69) is 0 Å². The Kier molecular flexibility index (Phi) is 4.86. The highest BCUT2D eigenvalue weighted by atomic mass is 31.2. The van der Waals surface area contributed by atoms with Crippen LogP contribution in [0.15, 0.2) is 60.7 Å². The first kappa shape index (κ1) is 15.1. The molecule has 3 N–H and O–H groups in total. The fourth-order valence-electron chi connectivity index (χ4n) is 2.15. The van der Waals surface area contributed by atoms with Crippen molar-refractivity contribution >= 4 is 8.60 Å². The summed E-state index contributed by atoms with van der Waals surface area (Å²) in [6.45, 7) is 1.64. The zero-order valence-electron chi connectivity index (χ0n) is 11.0. The van der Waals surface area contributed by atoms with Gasteiger partial charge in [0.25, 0.3) is 0 Å². The summed E-state index contributed by atoms with van der Waals surface area (Å²) in [5.74, 6) is 0. The maximum absolute atomic E-state index is 10.6. The van der Waals surface area contributed by atoms with E-state index in [0.29, 0.717) is 11.1 Å². The second kappa shape index (κ2) is 6.44. The highest BCUT2D eigenvalue weighted by Crippen LogP contribution is 2.46. The molecule has 106 valence electrons. The molecule has 0 saturated carbocycles. The molecule has 0 heterocycles. The van der Waals surface area contributed by atoms with Crippen LogP contribution in [0.4, 0.5) is 0 Å². The van der Waals surface area contributed by atoms with E-state index in [9.17, 15) is 14.9 Å². The van der Waals surface area contributed by atoms with E-state index in [1.807, 2.05) is 36.4 Å². The SMILES string of the molecule is C[C@@](OP(O)O)(c1ccccc1)[C@@H](O)c1ccccc1. The summed E-state index contributed by atoms with van der Waals surface area (Å²) in [5, 5.41) is 10.6. The van der Waals surface area contributed by atoms with E-state index < -0.39 is 20.3 Å². The van der Waals surface area contributed by atoms with Crippen molar-refractivity contribution in [3.05, 3.63) is 71.8 Å². The molecule has 2 aromatic rings. The lowest BCUT2D eigenvalue weighted by atomic mass is 9.86. The summed E-state index contributed by atoms with van der Waals surface area (Å²) in [5.41, 5.74) is 0.0836. The number of hydrogen-bond acceptors (Lipinski definition) is 4. The van der Waals surface area contributed by atoms with Crippen LogP contribution in [0, 0.1) is 0 Å². The molecule has 2 rings (SSSR count). The molecule has 5 heteroatoms. The minimum absolute atomic E-state index is 0.649. The van der Waals surface area contributed by atoms with Gasteiger partial charge in [-0.25, -0.2) is 0 Å². The monoisotopic (exact) mass is 292 g/mol. The Bertz CT molecular complexity index is 532. The van der Waals surface area contributed by atoms with Crippen LogP contribution in [-0.4, -0.2) is 14.9 Å². The molecular weight excluding hydrogens is 275 g/mol. The minimum Gasteiger partial charge on any atom is -0.385 e. The highest BCUT2D eigenvalue weighted by Gasteiger charge is 2.39. The zero-order chi connectivity index (χ0) is 14.6. The molecule has 0 radical (unpaired) electrons. The van der Waals surface area contributed by atoms with Gasteiger partial charge in [-0.05, 0) is 18.1 Å². The van der Waals surface area contributed by atoms with E-state index in [1.165, 1.54) is 0 Å². The van der Waals surface area contributed by atoms with Crippen molar-refractivity contribution in [2.75, 3.05) is 0 Å². The Morgan fingerprint density at radius 2 is 1.45 bits per heavy atom. The molecule has 0 aromatic heterocycles. The van der Waals surface area contributed by atoms with Gasteiger partial charge in [0, 0.05) is 0 Å². The van der Waals surface area contributed by atoms with Gasteiger partial charge in [-0.15, -0.1) is 0 Å². The highest BCUT2D eigenvalue weighted by molar-refractivity contribution is 7.39. The van der Waals surface area contributed by atoms with E-state index in [1.54, 1.807) is 31.2 Å². The minimum atomic E-state index is -2.59. The van der Waals surface area contributed by atoms with Crippen molar-refractivity contribution in [3.8, 4) is 0 Å². The second-order valence-electron chi connectivity index (χ2n) is 4.63. The largest absolute Gasteiger partial charge is 0.385 e.